The van der Waals surface area contributed by atoms with Crippen LogP contribution in [0.1, 0.15) is 20.3 Å². The number of aliphatic hydroxyl groups is 1. The van der Waals surface area contributed by atoms with E-state index in [1.165, 1.54) is 0 Å². The molecule has 0 fully saturated rings. The van der Waals surface area contributed by atoms with Crippen molar-refractivity contribution in [2.24, 2.45) is 4.99 Å². The van der Waals surface area contributed by atoms with Crippen molar-refractivity contribution in [3.05, 3.63) is 10.7 Å². The molecule has 0 aromatic heterocycles. The Hall–Kier alpha value is -0.720. The summed E-state index contributed by atoms with van der Waals surface area (Å²) in [5.74, 6) is 0. The summed E-state index contributed by atoms with van der Waals surface area (Å²) in [6.07, 6.45) is 0.0312. The molecule has 0 aliphatic carbocycles. The summed E-state index contributed by atoms with van der Waals surface area (Å²) < 4.78 is 5.16. The van der Waals surface area contributed by atoms with Crippen LogP contribution in [-0.4, -0.2) is 48.7 Å². The number of rotatable bonds is 7. The first kappa shape index (κ1) is 14.3. The van der Waals surface area contributed by atoms with Crippen LogP contribution in [0, 0.1) is 0 Å². The summed E-state index contributed by atoms with van der Waals surface area (Å²) in [5.41, 5.74) is 1.06. The van der Waals surface area contributed by atoms with Gasteiger partial charge in [0.05, 0.1) is 10.4 Å². The maximum Gasteiger partial charge on any atom is 0.238 e. The van der Waals surface area contributed by atoms with Gasteiger partial charge in [0.2, 0.25) is 6.41 Å². The SMILES string of the molecule is C=NCCC1NC(C)=C(N(C)C(O)OCC)S1. The standard InChI is InChI=1S/C11H21N3O2S/c1-5-16-11(15)14(4)10-8(2)13-9(17-10)6-7-12-3/h9,11,13,15H,3,5-7H2,1-2,4H3. The molecule has 2 N–H and O–H groups in total. The average molecular weight is 259 g/mol. The maximum absolute atomic E-state index is 9.76. The molecule has 2 unspecified atom stereocenters. The zero-order chi connectivity index (χ0) is 12.8. The molecular weight excluding hydrogens is 238 g/mol. The summed E-state index contributed by atoms with van der Waals surface area (Å²) >= 11 is 1.69. The molecule has 1 rings (SSSR count). The minimum atomic E-state index is -0.893. The van der Waals surface area contributed by atoms with Crippen LogP contribution < -0.4 is 5.32 Å². The van der Waals surface area contributed by atoms with E-state index < -0.39 is 6.41 Å². The topological polar surface area (TPSA) is 57.1 Å². The number of hydrogen-bond donors (Lipinski definition) is 2. The lowest BCUT2D eigenvalue weighted by atomic mass is 10.4. The first-order valence-corrected chi connectivity index (χ1v) is 6.57. The quantitative estimate of drug-likeness (QED) is 0.531. The van der Waals surface area contributed by atoms with Crippen molar-refractivity contribution in [1.82, 2.24) is 10.2 Å². The summed E-state index contributed by atoms with van der Waals surface area (Å²) in [4.78, 5) is 5.58. The molecule has 0 aromatic rings. The molecule has 5 nitrogen and oxygen atoms in total. The fourth-order valence-corrected chi connectivity index (χ4v) is 2.82. The molecule has 2 atom stereocenters. The number of aliphatic hydroxyl groups excluding tert-OH is 1. The van der Waals surface area contributed by atoms with Gasteiger partial charge < -0.3 is 25.1 Å². The van der Waals surface area contributed by atoms with Crippen LogP contribution in [0.25, 0.3) is 0 Å². The fraction of sp³-hybridized carbons (Fsp3) is 0.727. The molecule has 1 aliphatic heterocycles. The number of ether oxygens (including phenoxy) is 1. The van der Waals surface area contributed by atoms with Gasteiger partial charge in [-0.1, -0.05) is 11.8 Å². The molecule has 0 aromatic carbocycles. The Balaban J connectivity index is 2.53. The molecule has 98 valence electrons. The minimum Gasteiger partial charge on any atom is -0.374 e. The van der Waals surface area contributed by atoms with Crippen LogP contribution in [0.3, 0.4) is 0 Å². The van der Waals surface area contributed by atoms with Gasteiger partial charge in [-0.2, -0.15) is 0 Å². The van der Waals surface area contributed by atoms with E-state index in [-0.39, 0.29) is 0 Å². The van der Waals surface area contributed by atoms with Crippen molar-refractivity contribution in [2.45, 2.75) is 32.1 Å². The number of nitrogens with zero attached hydrogens (tertiary/aromatic N) is 2. The second-order valence-corrected chi connectivity index (χ2v) is 5.00. The van der Waals surface area contributed by atoms with Gasteiger partial charge in [0.25, 0.3) is 0 Å². The molecule has 0 saturated heterocycles. The third-order valence-corrected chi connectivity index (χ3v) is 3.92. The molecule has 6 heteroatoms. The third-order valence-electron chi connectivity index (χ3n) is 2.47. The van der Waals surface area contributed by atoms with Crippen LogP contribution in [0.2, 0.25) is 0 Å². The highest BCUT2D eigenvalue weighted by atomic mass is 32.2. The maximum atomic E-state index is 9.76. The highest BCUT2D eigenvalue weighted by Gasteiger charge is 2.26. The summed E-state index contributed by atoms with van der Waals surface area (Å²) in [6, 6.07) is 0. The zero-order valence-electron chi connectivity index (χ0n) is 10.6. The zero-order valence-corrected chi connectivity index (χ0v) is 11.5. The smallest absolute Gasteiger partial charge is 0.238 e. The van der Waals surface area contributed by atoms with Crippen LogP contribution in [-0.2, 0) is 4.74 Å². The molecule has 1 aliphatic rings. The lowest BCUT2D eigenvalue weighted by Crippen LogP contribution is -2.32. The predicted molar refractivity (Wildman–Crippen MR) is 71.6 cm³/mol. The Labute approximate surface area is 107 Å². The Morgan fingerprint density at radius 3 is 3.00 bits per heavy atom. The number of nitrogens with one attached hydrogen (secondary N) is 1. The molecular formula is C11H21N3O2S. The lowest BCUT2D eigenvalue weighted by molar-refractivity contribution is -0.167. The van der Waals surface area contributed by atoms with Gasteiger partial charge in [0, 0.05) is 25.9 Å². The Morgan fingerprint density at radius 1 is 1.71 bits per heavy atom. The van der Waals surface area contributed by atoms with E-state index in [4.69, 9.17) is 4.74 Å². The van der Waals surface area contributed by atoms with Gasteiger partial charge >= 0.3 is 0 Å². The molecule has 0 bridgehead atoms. The van der Waals surface area contributed by atoms with Crippen molar-refractivity contribution in [3.8, 4) is 0 Å². The molecule has 0 radical (unpaired) electrons. The first-order valence-electron chi connectivity index (χ1n) is 5.69. The van der Waals surface area contributed by atoms with Crippen LogP contribution in [0.4, 0.5) is 0 Å². The van der Waals surface area contributed by atoms with E-state index in [0.29, 0.717) is 12.0 Å². The van der Waals surface area contributed by atoms with Gasteiger partial charge in [-0.05, 0) is 27.0 Å². The number of allylic oxidation sites excluding steroid dienone is 1. The highest BCUT2D eigenvalue weighted by molar-refractivity contribution is 8.03. The first-order chi connectivity index (χ1) is 8.10. The van der Waals surface area contributed by atoms with Crippen LogP contribution in [0.5, 0.6) is 0 Å². The second kappa shape index (κ2) is 6.88. The van der Waals surface area contributed by atoms with Gasteiger partial charge in [0.1, 0.15) is 0 Å². The Bertz CT molecular complexity index is 296. The summed E-state index contributed by atoms with van der Waals surface area (Å²) in [7, 11) is 1.82. The molecule has 1 heterocycles. The van der Waals surface area contributed by atoms with Crippen molar-refractivity contribution in [3.63, 3.8) is 0 Å². The largest absolute Gasteiger partial charge is 0.374 e. The van der Waals surface area contributed by atoms with Crippen molar-refractivity contribution in [2.75, 3.05) is 20.2 Å². The number of thioether (sulfide) groups is 1. The summed E-state index contributed by atoms with van der Waals surface area (Å²) in [6.45, 7) is 8.56. The second-order valence-electron chi connectivity index (χ2n) is 3.81. The van der Waals surface area contributed by atoms with Gasteiger partial charge in [0.15, 0.2) is 0 Å². The van der Waals surface area contributed by atoms with E-state index in [2.05, 4.69) is 17.0 Å². The van der Waals surface area contributed by atoms with Crippen LogP contribution >= 0.6 is 11.8 Å². The molecule has 0 amide bonds. The Kier molecular flexibility index (Phi) is 5.80. The van der Waals surface area contributed by atoms with E-state index in [0.717, 1.165) is 23.7 Å². The van der Waals surface area contributed by atoms with Gasteiger partial charge in [-0.15, -0.1) is 0 Å². The van der Waals surface area contributed by atoms with Crippen molar-refractivity contribution in [1.29, 1.82) is 0 Å². The van der Waals surface area contributed by atoms with Crippen molar-refractivity contribution >= 4 is 18.5 Å². The predicted octanol–water partition coefficient (Wildman–Crippen LogP) is 1.17. The minimum absolute atomic E-state index is 0.298. The average Bonchev–Trinajstić information content (AvgIpc) is 2.67. The van der Waals surface area contributed by atoms with E-state index in [1.807, 2.05) is 20.9 Å². The van der Waals surface area contributed by atoms with E-state index in [1.54, 1.807) is 16.7 Å². The van der Waals surface area contributed by atoms with E-state index >= 15 is 0 Å². The van der Waals surface area contributed by atoms with Gasteiger partial charge in [-0.3, -0.25) is 0 Å². The number of hydrogen-bond acceptors (Lipinski definition) is 6. The van der Waals surface area contributed by atoms with Crippen LogP contribution in [0.15, 0.2) is 15.7 Å². The highest BCUT2D eigenvalue weighted by Crippen LogP contribution is 2.34. The normalized spacial score (nSPS) is 21.3. The number of aliphatic imine (C=N–C) groups is 1. The fourth-order valence-electron chi connectivity index (χ4n) is 1.60. The molecule has 0 spiro atoms. The lowest BCUT2D eigenvalue weighted by Gasteiger charge is -2.25. The van der Waals surface area contributed by atoms with Gasteiger partial charge in [-0.25, -0.2) is 0 Å². The molecule has 0 saturated carbocycles. The summed E-state index contributed by atoms with van der Waals surface area (Å²) in [5, 5.41) is 14.4. The monoisotopic (exact) mass is 259 g/mol. The Morgan fingerprint density at radius 2 is 2.41 bits per heavy atom. The molecule has 17 heavy (non-hydrogen) atoms. The third kappa shape index (κ3) is 3.90. The van der Waals surface area contributed by atoms with Crippen molar-refractivity contribution < 1.29 is 9.84 Å². The van der Waals surface area contributed by atoms with E-state index in [9.17, 15) is 5.11 Å².